The molecular formula is C27H29N3O2. The first-order valence-electron chi connectivity index (χ1n) is 10.9. The lowest BCUT2D eigenvalue weighted by molar-refractivity contribution is -0.125. The fourth-order valence-corrected chi connectivity index (χ4v) is 4.45. The first-order chi connectivity index (χ1) is 15.4. The van der Waals surface area contributed by atoms with Gasteiger partial charge in [0.1, 0.15) is 6.54 Å². The highest BCUT2D eigenvalue weighted by molar-refractivity contribution is 6.03. The third-order valence-corrected chi connectivity index (χ3v) is 6.13. The summed E-state index contributed by atoms with van der Waals surface area (Å²) in [5, 5.41) is 3.08. The molecule has 32 heavy (non-hydrogen) atoms. The van der Waals surface area contributed by atoms with E-state index in [0.29, 0.717) is 6.42 Å². The molecule has 2 amide bonds. The fraction of sp³-hybridized carbons (Fsp3) is 0.259. The van der Waals surface area contributed by atoms with Crippen LogP contribution < -0.4 is 16.0 Å². The summed E-state index contributed by atoms with van der Waals surface area (Å²) >= 11 is 0. The van der Waals surface area contributed by atoms with Crippen LogP contribution in [0.4, 0.5) is 5.69 Å². The van der Waals surface area contributed by atoms with Gasteiger partial charge >= 0.3 is 0 Å². The maximum absolute atomic E-state index is 13.3. The highest BCUT2D eigenvalue weighted by atomic mass is 16.2. The van der Waals surface area contributed by atoms with Crippen LogP contribution in [0.5, 0.6) is 0 Å². The van der Waals surface area contributed by atoms with Crippen LogP contribution in [-0.4, -0.2) is 24.4 Å². The Morgan fingerprint density at radius 1 is 0.969 bits per heavy atom. The van der Waals surface area contributed by atoms with Gasteiger partial charge in [0.05, 0.1) is 11.6 Å². The van der Waals surface area contributed by atoms with Gasteiger partial charge in [-0.2, -0.15) is 0 Å². The summed E-state index contributed by atoms with van der Waals surface area (Å²) in [5.74, 6) is -0.476. The van der Waals surface area contributed by atoms with E-state index >= 15 is 0 Å². The van der Waals surface area contributed by atoms with Crippen LogP contribution in [0.25, 0.3) is 0 Å². The van der Waals surface area contributed by atoms with Gasteiger partial charge in [0.25, 0.3) is 0 Å². The van der Waals surface area contributed by atoms with Crippen molar-refractivity contribution in [2.24, 2.45) is 5.73 Å². The molecule has 3 N–H and O–H groups in total. The predicted octanol–water partition coefficient (Wildman–Crippen LogP) is 3.93. The van der Waals surface area contributed by atoms with Gasteiger partial charge in [-0.1, -0.05) is 78.9 Å². The zero-order valence-corrected chi connectivity index (χ0v) is 18.5. The van der Waals surface area contributed by atoms with Crippen molar-refractivity contribution in [1.29, 1.82) is 0 Å². The second-order valence-corrected chi connectivity index (χ2v) is 8.83. The summed E-state index contributed by atoms with van der Waals surface area (Å²) in [6, 6.07) is 27.0. The van der Waals surface area contributed by atoms with Crippen LogP contribution in [0.2, 0.25) is 0 Å². The molecule has 0 unspecified atom stereocenters. The van der Waals surface area contributed by atoms with E-state index in [-0.39, 0.29) is 24.3 Å². The van der Waals surface area contributed by atoms with Gasteiger partial charge in [-0.05, 0) is 43.0 Å². The van der Waals surface area contributed by atoms with E-state index in [4.69, 9.17) is 5.73 Å². The molecule has 0 saturated carbocycles. The number of fused-ring (bicyclic) bond motifs is 1. The Morgan fingerprint density at radius 3 is 2.25 bits per heavy atom. The summed E-state index contributed by atoms with van der Waals surface area (Å²) in [7, 11) is 0. The average molecular weight is 428 g/mol. The number of anilines is 1. The van der Waals surface area contributed by atoms with Crippen LogP contribution >= 0.6 is 0 Å². The van der Waals surface area contributed by atoms with Crippen LogP contribution in [0.3, 0.4) is 0 Å². The normalized spacial score (nSPS) is 18.6. The highest BCUT2D eigenvalue weighted by Gasteiger charge is 2.35. The van der Waals surface area contributed by atoms with Gasteiger partial charge in [-0.25, -0.2) is 0 Å². The zero-order valence-electron chi connectivity index (χ0n) is 18.5. The van der Waals surface area contributed by atoms with Crippen molar-refractivity contribution in [2.75, 3.05) is 11.4 Å². The van der Waals surface area contributed by atoms with Crippen LogP contribution in [0.1, 0.15) is 42.9 Å². The Hall–Kier alpha value is -3.44. The zero-order chi connectivity index (χ0) is 22.7. The van der Waals surface area contributed by atoms with Crippen LogP contribution in [-0.2, 0) is 15.1 Å². The number of carbonyl (C=O) groups is 2. The predicted molar refractivity (Wildman–Crippen MR) is 127 cm³/mol. The van der Waals surface area contributed by atoms with E-state index in [1.807, 2.05) is 86.6 Å². The van der Waals surface area contributed by atoms with Crippen molar-refractivity contribution in [1.82, 2.24) is 5.32 Å². The Morgan fingerprint density at radius 2 is 1.56 bits per heavy atom. The molecule has 0 fully saturated rings. The third kappa shape index (κ3) is 4.43. The van der Waals surface area contributed by atoms with Crippen molar-refractivity contribution >= 4 is 17.5 Å². The maximum Gasteiger partial charge on any atom is 0.244 e. The molecule has 3 aromatic carbocycles. The molecule has 0 bridgehead atoms. The van der Waals surface area contributed by atoms with Gasteiger partial charge < -0.3 is 16.0 Å². The van der Waals surface area contributed by atoms with Crippen LogP contribution in [0, 0.1) is 0 Å². The molecule has 4 rings (SSSR count). The molecule has 0 saturated heterocycles. The van der Waals surface area contributed by atoms with Crippen molar-refractivity contribution in [3.05, 3.63) is 102 Å². The molecule has 1 heterocycles. The van der Waals surface area contributed by atoms with E-state index in [9.17, 15) is 9.59 Å². The third-order valence-electron chi connectivity index (χ3n) is 6.13. The highest BCUT2D eigenvalue weighted by Crippen LogP contribution is 2.38. The largest absolute Gasteiger partial charge is 0.346 e. The standard InChI is InChI=1S/C27H29N3O2/c1-27(2,20-13-7-4-8-14-20)29-25(31)18-30-24-16-10-9-15-21(24)22(17-23(28)26(30)32)19-11-5-3-6-12-19/h3-16,22-23H,17-18,28H2,1-2H3,(H,29,31)/t22-,23-/m1/s1. The number of benzene rings is 3. The number of carbonyl (C=O) groups excluding carboxylic acids is 2. The maximum atomic E-state index is 13.3. The lowest BCUT2D eigenvalue weighted by atomic mass is 9.86. The summed E-state index contributed by atoms with van der Waals surface area (Å²) in [4.78, 5) is 27.9. The Labute approximate surface area is 189 Å². The molecule has 5 heteroatoms. The average Bonchev–Trinajstić information content (AvgIpc) is 2.90. The number of nitrogens with zero attached hydrogens (tertiary/aromatic N) is 1. The second-order valence-electron chi connectivity index (χ2n) is 8.83. The molecule has 2 atom stereocenters. The summed E-state index contributed by atoms with van der Waals surface area (Å²) in [5.41, 5.74) is 9.64. The van der Waals surface area contributed by atoms with Crippen molar-refractivity contribution in [3.8, 4) is 0 Å². The minimum atomic E-state index is -0.692. The quantitative estimate of drug-likeness (QED) is 0.648. The van der Waals surface area contributed by atoms with Gasteiger partial charge in [0.15, 0.2) is 0 Å². The summed E-state index contributed by atoms with van der Waals surface area (Å²) < 4.78 is 0. The lowest BCUT2D eigenvalue weighted by Crippen LogP contribution is -2.50. The van der Waals surface area contributed by atoms with Gasteiger partial charge in [-0.15, -0.1) is 0 Å². The molecule has 0 radical (unpaired) electrons. The number of nitrogens with one attached hydrogen (secondary N) is 1. The molecule has 1 aliphatic rings. The number of hydrogen-bond donors (Lipinski definition) is 2. The summed E-state index contributed by atoms with van der Waals surface area (Å²) in [6.07, 6.45) is 0.494. The molecular weight excluding hydrogens is 398 g/mol. The second kappa shape index (κ2) is 8.97. The molecule has 3 aromatic rings. The van der Waals surface area contributed by atoms with Crippen molar-refractivity contribution in [3.63, 3.8) is 0 Å². The van der Waals surface area contributed by atoms with E-state index in [1.165, 1.54) is 0 Å². The molecule has 164 valence electrons. The first kappa shape index (κ1) is 21.8. The van der Waals surface area contributed by atoms with Gasteiger partial charge in [0.2, 0.25) is 11.8 Å². The van der Waals surface area contributed by atoms with E-state index in [2.05, 4.69) is 17.4 Å². The van der Waals surface area contributed by atoms with E-state index in [0.717, 1.165) is 22.4 Å². The smallest absolute Gasteiger partial charge is 0.244 e. The topological polar surface area (TPSA) is 75.4 Å². The number of amides is 2. The Kier molecular flexibility index (Phi) is 6.10. The molecule has 0 aliphatic carbocycles. The SMILES string of the molecule is CC(C)(NC(=O)CN1C(=O)[C@H](N)C[C@H](c2ccccc2)c2ccccc21)c1ccccc1. The minimum absolute atomic E-state index is 0.0137. The molecule has 1 aliphatic heterocycles. The number of rotatable bonds is 5. The van der Waals surface area contributed by atoms with E-state index in [1.54, 1.807) is 4.90 Å². The molecule has 0 aromatic heterocycles. The van der Waals surface area contributed by atoms with Gasteiger partial charge in [-0.3, -0.25) is 9.59 Å². The number of para-hydroxylation sites is 1. The minimum Gasteiger partial charge on any atom is -0.346 e. The Bertz CT molecular complexity index is 1100. The first-order valence-corrected chi connectivity index (χ1v) is 10.9. The monoisotopic (exact) mass is 427 g/mol. The van der Waals surface area contributed by atoms with Crippen molar-refractivity contribution in [2.45, 2.75) is 37.8 Å². The Balaban J connectivity index is 1.64. The van der Waals surface area contributed by atoms with Crippen LogP contribution in [0.15, 0.2) is 84.9 Å². The number of nitrogens with two attached hydrogens (primary N) is 1. The number of hydrogen-bond acceptors (Lipinski definition) is 3. The molecule has 0 spiro atoms. The van der Waals surface area contributed by atoms with Crippen molar-refractivity contribution < 1.29 is 9.59 Å². The molecule has 5 nitrogen and oxygen atoms in total. The van der Waals surface area contributed by atoms with Gasteiger partial charge in [0, 0.05) is 11.6 Å². The lowest BCUT2D eigenvalue weighted by Gasteiger charge is -2.30. The summed E-state index contributed by atoms with van der Waals surface area (Å²) in [6.45, 7) is 3.83. The van der Waals surface area contributed by atoms with E-state index < -0.39 is 11.6 Å². The fourth-order valence-electron chi connectivity index (χ4n) is 4.45.